The minimum absolute atomic E-state index is 0.0242. The number of carbonyl (C=O) groups is 1. The van der Waals surface area contributed by atoms with E-state index in [1.807, 2.05) is 31.2 Å². The lowest BCUT2D eigenvalue weighted by atomic mass is 9.83. The monoisotopic (exact) mass is 415 g/mol. The van der Waals surface area contributed by atoms with Crippen molar-refractivity contribution >= 4 is 5.97 Å². The van der Waals surface area contributed by atoms with Gasteiger partial charge in [-0.15, -0.1) is 6.42 Å². The van der Waals surface area contributed by atoms with Crippen LogP contribution in [0.5, 0.6) is 0 Å². The Kier molecular flexibility index (Phi) is 6.52. The fourth-order valence-corrected chi connectivity index (χ4v) is 4.15. The highest BCUT2D eigenvalue weighted by Gasteiger charge is 2.35. The molecule has 0 saturated carbocycles. The van der Waals surface area contributed by atoms with Gasteiger partial charge in [0.1, 0.15) is 0 Å². The molecule has 0 radical (unpaired) electrons. The Morgan fingerprint density at radius 1 is 1.20 bits per heavy atom. The molecule has 0 bridgehead atoms. The molecular weight excluding hydrogens is 391 g/mol. The lowest BCUT2D eigenvalue weighted by molar-refractivity contribution is -0.139. The van der Waals surface area contributed by atoms with Crippen LogP contribution in [-0.4, -0.2) is 22.5 Å². The molecule has 0 amide bonds. The van der Waals surface area contributed by atoms with E-state index in [2.05, 4.69) is 10.8 Å². The van der Waals surface area contributed by atoms with E-state index in [0.717, 1.165) is 23.3 Å². The van der Waals surface area contributed by atoms with E-state index < -0.39 is 23.8 Å². The molecule has 3 rings (SSSR count). The Hall–Kier alpha value is -2.78. The summed E-state index contributed by atoms with van der Waals surface area (Å²) in [5.74, 6) is 1.94. The minimum Gasteiger partial charge on any atom is -0.481 e. The van der Waals surface area contributed by atoms with E-state index in [-0.39, 0.29) is 18.4 Å². The maximum atomic E-state index is 12.9. The number of alkyl halides is 3. The first-order valence-electron chi connectivity index (χ1n) is 9.86. The summed E-state index contributed by atoms with van der Waals surface area (Å²) in [7, 11) is 0. The van der Waals surface area contributed by atoms with Crippen molar-refractivity contribution < 1.29 is 23.1 Å². The Morgan fingerprint density at radius 2 is 1.83 bits per heavy atom. The topological polar surface area (TPSA) is 40.5 Å². The normalized spacial score (nSPS) is 21.0. The van der Waals surface area contributed by atoms with E-state index in [1.54, 1.807) is 0 Å². The summed E-state index contributed by atoms with van der Waals surface area (Å²) in [4.78, 5) is 13.3. The van der Waals surface area contributed by atoms with Crippen molar-refractivity contribution in [1.29, 1.82) is 0 Å². The first-order valence-corrected chi connectivity index (χ1v) is 9.86. The molecule has 6 heteroatoms. The number of aryl methyl sites for hydroxylation is 1. The van der Waals surface area contributed by atoms with Gasteiger partial charge in [0.25, 0.3) is 0 Å². The predicted octanol–water partition coefficient (Wildman–Crippen LogP) is 5.62. The number of carboxylic acids is 1. The maximum Gasteiger partial charge on any atom is 0.416 e. The molecule has 1 aliphatic rings. The largest absolute Gasteiger partial charge is 0.481 e. The summed E-state index contributed by atoms with van der Waals surface area (Å²) in [6, 6.07) is 12.4. The van der Waals surface area contributed by atoms with Gasteiger partial charge in [0.15, 0.2) is 0 Å². The predicted molar refractivity (Wildman–Crippen MR) is 109 cm³/mol. The molecule has 2 aromatic carbocycles. The molecule has 1 fully saturated rings. The number of likely N-dealkylation sites (tertiary alicyclic amines) is 1. The van der Waals surface area contributed by atoms with Crippen LogP contribution in [0.2, 0.25) is 0 Å². The van der Waals surface area contributed by atoms with Gasteiger partial charge in [-0.1, -0.05) is 47.9 Å². The zero-order valence-corrected chi connectivity index (χ0v) is 16.7. The van der Waals surface area contributed by atoms with Gasteiger partial charge in [-0.2, -0.15) is 13.2 Å². The molecular formula is C24H24F3NO2. The van der Waals surface area contributed by atoms with Gasteiger partial charge in [0.05, 0.1) is 11.6 Å². The van der Waals surface area contributed by atoms with Gasteiger partial charge in [-0.05, 0) is 48.9 Å². The lowest BCUT2D eigenvalue weighted by Gasteiger charge is -2.42. The molecule has 3 nitrogen and oxygen atoms in total. The van der Waals surface area contributed by atoms with Gasteiger partial charge >= 0.3 is 12.1 Å². The molecule has 0 spiro atoms. The van der Waals surface area contributed by atoms with Gasteiger partial charge in [0.2, 0.25) is 0 Å². The van der Waals surface area contributed by atoms with Crippen molar-refractivity contribution in [3.8, 4) is 12.3 Å². The lowest BCUT2D eigenvalue weighted by Crippen LogP contribution is -2.39. The van der Waals surface area contributed by atoms with Crippen LogP contribution >= 0.6 is 0 Å². The van der Waals surface area contributed by atoms with Crippen molar-refractivity contribution in [2.24, 2.45) is 5.92 Å². The molecule has 0 aliphatic carbocycles. The molecule has 30 heavy (non-hydrogen) atoms. The summed E-state index contributed by atoms with van der Waals surface area (Å²) < 4.78 is 38.8. The van der Waals surface area contributed by atoms with Crippen LogP contribution in [0, 0.1) is 25.2 Å². The Labute approximate surface area is 174 Å². The Balaban J connectivity index is 1.92. The summed E-state index contributed by atoms with van der Waals surface area (Å²) in [6.07, 6.45) is 2.83. The molecule has 1 saturated heterocycles. The Bertz CT molecular complexity index is 913. The highest BCUT2D eigenvalue weighted by molar-refractivity contribution is 5.67. The maximum absolute atomic E-state index is 12.9. The second-order valence-electron chi connectivity index (χ2n) is 7.84. The van der Waals surface area contributed by atoms with Crippen LogP contribution in [0.3, 0.4) is 0 Å². The summed E-state index contributed by atoms with van der Waals surface area (Å²) in [5.41, 5.74) is 2.05. The minimum atomic E-state index is -4.40. The van der Waals surface area contributed by atoms with Crippen molar-refractivity contribution in [3.05, 3.63) is 70.8 Å². The third-order valence-corrected chi connectivity index (χ3v) is 5.72. The number of nitrogens with zero attached hydrogens (tertiary/aromatic N) is 1. The SMILES string of the molecule is C#C[C@H](c1ccc(C(F)(F)F)cc1)N1CC[C@@H](CC(=O)O)C[C@H]1c1ccc(C)cc1. The van der Waals surface area contributed by atoms with Crippen LogP contribution in [0.4, 0.5) is 13.2 Å². The smallest absolute Gasteiger partial charge is 0.416 e. The van der Waals surface area contributed by atoms with Gasteiger partial charge in [-0.3, -0.25) is 9.69 Å². The molecule has 1 N–H and O–H groups in total. The number of hydrogen-bond acceptors (Lipinski definition) is 2. The quantitative estimate of drug-likeness (QED) is 0.645. The van der Waals surface area contributed by atoms with Crippen molar-refractivity contribution in [1.82, 2.24) is 4.90 Å². The average Bonchev–Trinajstić information content (AvgIpc) is 2.69. The van der Waals surface area contributed by atoms with Crippen LogP contribution in [0.1, 0.15) is 53.6 Å². The van der Waals surface area contributed by atoms with E-state index in [1.165, 1.54) is 12.1 Å². The van der Waals surface area contributed by atoms with Crippen molar-refractivity contribution in [2.75, 3.05) is 6.54 Å². The molecule has 1 aliphatic heterocycles. The van der Waals surface area contributed by atoms with Gasteiger partial charge in [0, 0.05) is 19.0 Å². The summed E-state index contributed by atoms with van der Waals surface area (Å²) in [6.45, 7) is 2.56. The number of halogens is 3. The number of piperidine rings is 1. The molecule has 3 atom stereocenters. The van der Waals surface area contributed by atoms with E-state index in [9.17, 15) is 23.1 Å². The standard InChI is InChI=1S/C24H24F3NO2/c1-3-21(18-8-10-20(11-9-18)24(25,26)27)28-13-12-17(15-23(29)30)14-22(28)19-6-4-16(2)5-7-19/h1,4-11,17,21-22H,12-15H2,2H3,(H,29,30)/t17-,21-,22+/m1/s1. The molecule has 0 aromatic heterocycles. The average molecular weight is 415 g/mol. The molecule has 2 aromatic rings. The molecule has 1 heterocycles. The number of terminal acetylenes is 1. The third kappa shape index (κ3) is 5.03. The first kappa shape index (κ1) is 21.9. The van der Waals surface area contributed by atoms with E-state index in [0.29, 0.717) is 24.9 Å². The van der Waals surface area contributed by atoms with Crippen molar-refractivity contribution in [2.45, 2.75) is 44.4 Å². The summed E-state index contributed by atoms with van der Waals surface area (Å²) >= 11 is 0. The number of aliphatic carboxylic acids is 1. The first-order chi connectivity index (χ1) is 14.2. The fourth-order valence-electron chi connectivity index (χ4n) is 4.15. The zero-order chi connectivity index (χ0) is 21.9. The van der Waals surface area contributed by atoms with Crippen LogP contribution in [0.25, 0.3) is 0 Å². The number of carboxylic acid groups (broad SMARTS) is 1. The highest BCUT2D eigenvalue weighted by atomic mass is 19.4. The molecule has 0 unspecified atom stereocenters. The summed E-state index contributed by atoms with van der Waals surface area (Å²) in [5, 5.41) is 9.21. The Morgan fingerprint density at radius 3 is 2.37 bits per heavy atom. The van der Waals surface area contributed by atoms with Crippen LogP contribution in [0.15, 0.2) is 48.5 Å². The molecule has 158 valence electrons. The number of hydrogen-bond donors (Lipinski definition) is 1. The van der Waals surface area contributed by atoms with E-state index >= 15 is 0 Å². The number of rotatable bonds is 5. The zero-order valence-electron chi connectivity index (χ0n) is 16.7. The second-order valence-corrected chi connectivity index (χ2v) is 7.84. The number of benzene rings is 2. The van der Waals surface area contributed by atoms with Crippen LogP contribution in [-0.2, 0) is 11.0 Å². The highest BCUT2D eigenvalue weighted by Crippen LogP contribution is 2.41. The van der Waals surface area contributed by atoms with Gasteiger partial charge < -0.3 is 5.11 Å². The fraction of sp³-hybridized carbons (Fsp3) is 0.375. The van der Waals surface area contributed by atoms with Crippen molar-refractivity contribution in [3.63, 3.8) is 0 Å². The third-order valence-electron chi connectivity index (χ3n) is 5.72. The second kappa shape index (κ2) is 8.93. The van der Waals surface area contributed by atoms with E-state index in [4.69, 9.17) is 6.42 Å². The van der Waals surface area contributed by atoms with Crippen LogP contribution < -0.4 is 0 Å². The van der Waals surface area contributed by atoms with Gasteiger partial charge in [-0.25, -0.2) is 0 Å².